The molecule has 0 radical (unpaired) electrons. The zero-order valence-electron chi connectivity index (χ0n) is 9.69. The number of esters is 1. The van der Waals surface area contributed by atoms with Gasteiger partial charge in [-0.1, -0.05) is 0 Å². The topological polar surface area (TPSA) is 63.7 Å². The molecule has 0 N–H and O–H groups in total. The molecule has 0 atom stereocenters. The second-order valence-corrected chi connectivity index (χ2v) is 6.03. The molecule has 6 heteroatoms. The predicted molar refractivity (Wildman–Crippen MR) is 58.4 cm³/mol. The Labute approximate surface area is 91.3 Å². The molecule has 0 rings (SSSR count). The molecule has 0 fully saturated rings. The number of nitrogens with zero attached hydrogens (tertiary/aromatic N) is 1. The molecule has 0 saturated carbocycles. The van der Waals surface area contributed by atoms with Gasteiger partial charge in [-0.2, -0.15) is 0 Å². The van der Waals surface area contributed by atoms with E-state index in [0.717, 1.165) is 0 Å². The Hall–Kier alpha value is -0.620. The lowest BCUT2D eigenvalue weighted by atomic mass is 10.3. The van der Waals surface area contributed by atoms with E-state index in [2.05, 4.69) is 4.74 Å². The van der Waals surface area contributed by atoms with Gasteiger partial charge < -0.3 is 4.74 Å². The first-order chi connectivity index (χ1) is 6.76. The van der Waals surface area contributed by atoms with Crippen LogP contribution in [-0.2, 0) is 19.4 Å². The van der Waals surface area contributed by atoms with Crippen molar-refractivity contribution < 1.29 is 17.9 Å². The lowest BCUT2D eigenvalue weighted by Crippen LogP contribution is -2.39. The molecule has 0 aliphatic rings. The Morgan fingerprint density at radius 2 is 1.93 bits per heavy atom. The van der Waals surface area contributed by atoms with E-state index in [1.165, 1.54) is 13.4 Å². The summed E-state index contributed by atoms with van der Waals surface area (Å²) >= 11 is 0. The third-order valence-corrected chi connectivity index (χ3v) is 2.96. The molecule has 0 saturated heterocycles. The van der Waals surface area contributed by atoms with Crippen molar-refractivity contribution in [1.29, 1.82) is 0 Å². The van der Waals surface area contributed by atoms with E-state index in [1.807, 2.05) is 13.8 Å². The first-order valence-electron chi connectivity index (χ1n) is 4.75. The summed E-state index contributed by atoms with van der Waals surface area (Å²) in [5, 5.41) is 0. The Kier molecular flexibility index (Phi) is 5.82. The van der Waals surface area contributed by atoms with Crippen LogP contribution in [0.5, 0.6) is 0 Å². The first-order valence-corrected chi connectivity index (χ1v) is 6.81. The van der Waals surface area contributed by atoms with E-state index >= 15 is 0 Å². The Morgan fingerprint density at radius 1 is 1.40 bits per heavy atom. The molecule has 5 nitrogen and oxygen atoms in total. The fraction of sp³-hybridized carbons (Fsp3) is 0.889. The maximum Gasteiger partial charge on any atom is 0.319 e. The molecule has 0 unspecified atom stereocenters. The zero-order chi connectivity index (χ0) is 12.1. The number of carbonyl (C=O) groups excluding carboxylic acids is 1. The molecule has 0 heterocycles. The van der Waals surface area contributed by atoms with Gasteiger partial charge in [-0.25, -0.2) is 8.42 Å². The number of ether oxygens (including phenoxy) is 1. The molecule has 90 valence electrons. The lowest BCUT2D eigenvalue weighted by Gasteiger charge is -2.24. The fourth-order valence-corrected chi connectivity index (χ4v) is 1.60. The Morgan fingerprint density at radius 3 is 2.27 bits per heavy atom. The van der Waals surface area contributed by atoms with Crippen molar-refractivity contribution in [3.63, 3.8) is 0 Å². The molecule has 0 bridgehead atoms. The second kappa shape index (κ2) is 6.07. The Balaban J connectivity index is 4.23. The third-order valence-electron chi connectivity index (χ3n) is 2.04. The van der Waals surface area contributed by atoms with Crippen LogP contribution in [0.2, 0.25) is 0 Å². The van der Waals surface area contributed by atoms with Crippen LogP contribution < -0.4 is 0 Å². The standard InChI is InChI=1S/C9H19NO4S/c1-8(2)10(7-9(11)14-3)5-6-15(4,12)13/h8H,5-7H2,1-4H3. The maximum atomic E-state index is 11.0. The summed E-state index contributed by atoms with van der Waals surface area (Å²) in [5.41, 5.74) is 0. The lowest BCUT2D eigenvalue weighted by molar-refractivity contribution is -0.142. The van der Waals surface area contributed by atoms with Gasteiger partial charge in [0, 0.05) is 18.8 Å². The molecular weight excluding hydrogens is 218 g/mol. The molecule has 0 aromatic rings. The molecule has 0 aliphatic heterocycles. The normalized spacial score (nSPS) is 12.1. The summed E-state index contributed by atoms with van der Waals surface area (Å²) in [7, 11) is -1.67. The minimum absolute atomic E-state index is 0.0577. The Bertz CT molecular complexity index is 297. The second-order valence-electron chi connectivity index (χ2n) is 3.77. The van der Waals surface area contributed by atoms with Crippen LogP contribution in [0, 0.1) is 0 Å². The van der Waals surface area contributed by atoms with Crippen LogP contribution in [-0.4, -0.2) is 57.5 Å². The van der Waals surface area contributed by atoms with Crippen LogP contribution in [0.25, 0.3) is 0 Å². The van der Waals surface area contributed by atoms with Crippen molar-refractivity contribution in [3.05, 3.63) is 0 Å². The van der Waals surface area contributed by atoms with Crippen molar-refractivity contribution in [1.82, 2.24) is 4.90 Å². The first kappa shape index (κ1) is 14.4. The number of methoxy groups -OCH3 is 1. The van der Waals surface area contributed by atoms with Gasteiger partial charge in [0.25, 0.3) is 0 Å². The van der Waals surface area contributed by atoms with E-state index in [-0.39, 0.29) is 24.3 Å². The van der Waals surface area contributed by atoms with E-state index < -0.39 is 9.84 Å². The number of rotatable bonds is 6. The van der Waals surface area contributed by atoms with Crippen molar-refractivity contribution in [2.24, 2.45) is 0 Å². The summed E-state index contributed by atoms with van der Waals surface area (Å²) in [5.74, 6) is -0.292. The number of hydrogen-bond acceptors (Lipinski definition) is 5. The highest BCUT2D eigenvalue weighted by Gasteiger charge is 2.16. The molecule has 0 amide bonds. The SMILES string of the molecule is COC(=O)CN(CCS(C)(=O)=O)C(C)C. The molecular formula is C9H19NO4S. The van der Waals surface area contributed by atoms with Gasteiger partial charge in [0.2, 0.25) is 0 Å². The van der Waals surface area contributed by atoms with Crippen molar-refractivity contribution >= 4 is 15.8 Å². The molecule has 0 aliphatic carbocycles. The summed E-state index contributed by atoms with van der Waals surface area (Å²) < 4.78 is 26.5. The average molecular weight is 237 g/mol. The fourth-order valence-electron chi connectivity index (χ4n) is 1.03. The average Bonchev–Trinajstić information content (AvgIpc) is 2.09. The van der Waals surface area contributed by atoms with Gasteiger partial charge in [0.1, 0.15) is 9.84 Å². The van der Waals surface area contributed by atoms with Gasteiger partial charge in [0.05, 0.1) is 19.4 Å². The quantitative estimate of drug-likeness (QED) is 0.604. The van der Waals surface area contributed by atoms with Crippen LogP contribution >= 0.6 is 0 Å². The summed E-state index contributed by atoms with van der Waals surface area (Å²) in [6, 6.07) is 0.117. The van der Waals surface area contributed by atoms with Crippen molar-refractivity contribution in [3.8, 4) is 0 Å². The van der Waals surface area contributed by atoms with Crippen LogP contribution in [0.3, 0.4) is 0 Å². The van der Waals surface area contributed by atoms with Crippen molar-refractivity contribution in [2.75, 3.05) is 32.2 Å². The minimum atomic E-state index is -2.99. The highest BCUT2D eigenvalue weighted by atomic mass is 32.2. The number of sulfone groups is 1. The summed E-state index contributed by atoms with van der Waals surface area (Å²) in [6.07, 6.45) is 1.18. The van der Waals surface area contributed by atoms with Gasteiger partial charge >= 0.3 is 5.97 Å². The van der Waals surface area contributed by atoms with E-state index in [0.29, 0.717) is 6.54 Å². The molecule has 0 aromatic carbocycles. The smallest absolute Gasteiger partial charge is 0.319 e. The largest absolute Gasteiger partial charge is 0.468 e. The minimum Gasteiger partial charge on any atom is -0.468 e. The highest BCUT2D eigenvalue weighted by Crippen LogP contribution is 1.99. The van der Waals surface area contributed by atoms with E-state index in [4.69, 9.17) is 0 Å². The van der Waals surface area contributed by atoms with E-state index in [1.54, 1.807) is 4.90 Å². The highest BCUT2D eigenvalue weighted by molar-refractivity contribution is 7.90. The summed E-state index contributed by atoms with van der Waals surface area (Å²) in [6.45, 7) is 4.30. The number of hydrogen-bond donors (Lipinski definition) is 0. The van der Waals surface area contributed by atoms with Crippen LogP contribution in [0.15, 0.2) is 0 Å². The van der Waals surface area contributed by atoms with Gasteiger partial charge in [-0.15, -0.1) is 0 Å². The number of carbonyl (C=O) groups is 1. The van der Waals surface area contributed by atoms with Gasteiger partial charge in [-0.05, 0) is 13.8 Å². The molecule has 0 spiro atoms. The monoisotopic (exact) mass is 237 g/mol. The predicted octanol–water partition coefficient (Wildman–Crippen LogP) is -0.0856. The van der Waals surface area contributed by atoms with Crippen molar-refractivity contribution in [2.45, 2.75) is 19.9 Å². The maximum absolute atomic E-state index is 11.0. The van der Waals surface area contributed by atoms with E-state index in [9.17, 15) is 13.2 Å². The molecule has 15 heavy (non-hydrogen) atoms. The van der Waals surface area contributed by atoms with Crippen LogP contribution in [0.4, 0.5) is 0 Å². The zero-order valence-corrected chi connectivity index (χ0v) is 10.5. The molecule has 0 aromatic heterocycles. The summed E-state index contributed by atoms with van der Waals surface area (Å²) in [4.78, 5) is 12.8. The van der Waals surface area contributed by atoms with Gasteiger partial charge in [-0.3, -0.25) is 9.69 Å². The van der Waals surface area contributed by atoms with Crippen LogP contribution in [0.1, 0.15) is 13.8 Å². The van der Waals surface area contributed by atoms with Gasteiger partial charge in [0.15, 0.2) is 0 Å². The third kappa shape index (κ3) is 7.33.